The van der Waals surface area contributed by atoms with E-state index in [1.165, 1.54) is 0 Å². The normalized spacial score (nSPS) is 12.2. The third-order valence-corrected chi connectivity index (χ3v) is 1.58. The van der Waals surface area contributed by atoms with Gasteiger partial charge in [-0.15, -0.1) is 0 Å². The summed E-state index contributed by atoms with van der Waals surface area (Å²) in [6.07, 6.45) is 1.69. The van der Waals surface area contributed by atoms with Gasteiger partial charge in [0.05, 0.1) is 6.04 Å². The van der Waals surface area contributed by atoms with Crippen LogP contribution < -0.4 is 11.1 Å². The Bertz CT molecular complexity index is 292. The summed E-state index contributed by atoms with van der Waals surface area (Å²) in [6, 6.07) is 3.11. The van der Waals surface area contributed by atoms with E-state index in [1.807, 2.05) is 13.0 Å². The SMILES string of the molecule is Cc1ccc(NC(=O)C(C)N)nc1. The van der Waals surface area contributed by atoms with Gasteiger partial charge in [0.15, 0.2) is 0 Å². The Hall–Kier alpha value is -1.42. The molecule has 1 heterocycles. The summed E-state index contributed by atoms with van der Waals surface area (Å²) < 4.78 is 0. The molecule has 1 unspecified atom stereocenters. The van der Waals surface area contributed by atoms with Gasteiger partial charge >= 0.3 is 0 Å². The van der Waals surface area contributed by atoms with Crippen LogP contribution in [0.3, 0.4) is 0 Å². The van der Waals surface area contributed by atoms with Crippen LogP contribution in [0.25, 0.3) is 0 Å². The third-order valence-electron chi connectivity index (χ3n) is 1.58. The van der Waals surface area contributed by atoms with Gasteiger partial charge in [-0.05, 0) is 25.5 Å². The Morgan fingerprint density at radius 3 is 2.77 bits per heavy atom. The van der Waals surface area contributed by atoms with E-state index in [4.69, 9.17) is 5.73 Å². The maximum Gasteiger partial charge on any atom is 0.242 e. The minimum atomic E-state index is -0.511. The Kier molecular flexibility index (Phi) is 2.97. The van der Waals surface area contributed by atoms with Crippen LogP contribution in [0.4, 0.5) is 5.82 Å². The van der Waals surface area contributed by atoms with E-state index in [9.17, 15) is 4.79 Å². The molecule has 0 radical (unpaired) electrons. The molecule has 1 amide bonds. The first-order valence-corrected chi connectivity index (χ1v) is 4.08. The number of hydrogen-bond acceptors (Lipinski definition) is 3. The average Bonchev–Trinajstić information content (AvgIpc) is 2.08. The number of carbonyl (C=O) groups excluding carboxylic acids is 1. The van der Waals surface area contributed by atoms with Gasteiger partial charge in [-0.3, -0.25) is 4.79 Å². The molecule has 3 N–H and O–H groups in total. The molecule has 13 heavy (non-hydrogen) atoms. The molecule has 1 rings (SSSR count). The van der Waals surface area contributed by atoms with Crippen LogP contribution in [-0.4, -0.2) is 16.9 Å². The highest BCUT2D eigenvalue weighted by atomic mass is 16.2. The van der Waals surface area contributed by atoms with E-state index in [-0.39, 0.29) is 5.91 Å². The monoisotopic (exact) mass is 179 g/mol. The number of nitrogens with two attached hydrogens (primary N) is 1. The van der Waals surface area contributed by atoms with Crippen molar-refractivity contribution >= 4 is 11.7 Å². The molecule has 0 spiro atoms. The molecule has 4 nitrogen and oxygen atoms in total. The van der Waals surface area contributed by atoms with Crippen molar-refractivity contribution in [1.29, 1.82) is 0 Å². The van der Waals surface area contributed by atoms with Gasteiger partial charge in [0.25, 0.3) is 0 Å². The molecule has 0 aliphatic carbocycles. The largest absolute Gasteiger partial charge is 0.320 e. The molecule has 1 aromatic rings. The molecule has 0 aromatic carbocycles. The van der Waals surface area contributed by atoms with Crippen LogP contribution in [0.2, 0.25) is 0 Å². The number of aryl methyl sites for hydroxylation is 1. The number of amides is 1. The van der Waals surface area contributed by atoms with Crippen molar-refractivity contribution in [3.63, 3.8) is 0 Å². The van der Waals surface area contributed by atoms with Crippen molar-refractivity contribution in [2.75, 3.05) is 5.32 Å². The highest BCUT2D eigenvalue weighted by Gasteiger charge is 2.07. The fourth-order valence-electron chi connectivity index (χ4n) is 0.782. The van der Waals surface area contributed by atoms with Crippen LogP contribution in [-0.2, 0) is 4.79 Å². The predicted molar refractivity (Wildman–Crippen MR) is 51.3 cm³/mol. The molecular formula is C9H13N3O. The minimum absolute atomic E-state index is 0.226. The molecule has 0 aliphatic rings. The number of pyridine rings is 1. The number of aromatic nitrogens is 1. The highest BCUT2D eigenvalue weighted by Crippen LogP contribution is 2.03. The molecule has 0 fully saturated rings. The second-order valence-electron chi connectivity index (χ2n) is 3.00. The summed E-state index contributed by atoms with van der Waals surface area (Å²) in [7, 11) is 0. The molecular weight excluding hydrogens is 166 g/mol. The number of hydrogen-bond donors (Lipinski definition) is 2. The molecule has 0 aliphatic heterocycles. The number of carbonyl (C=O) groups is 1. The smallest absolute Gasteiger partial charge is 0.242 e. The van der Waals surface area contributed by atoms with Gasteiger partial charge in [0, 0.05) is 6.20 Å². The van der Waals surface area contributed by atoms with Crippen LogP contribution in [0.1, 0.15) is 12.5 Å². The maximum atomic E-state index is 11.1. The Labute approximate surface area is 77.2 Å². The summed E-state index contributed by atoms with van der Waals surface area (Å²) >= 11 is 0. The number of nitrogens with one attached hydrogen (secondary N) is 1. The fourth-order valence-corrected chi connectivity index (χ4v) is 0.782. The van der Waals surface area contributed by atoms with E-state index in [2.05, 4.69) is 10.3 Å². The van der Waals surface area contributed by atoms with E-state index < -0.39 is 6.04 Å². The Balaban J connectivity index is 2.65. The average molecular weight is 179 g/mol. The zero-order valence-electron chi connectivity index (χ0n) is 7.74. The topological polar surface area (TPSA) is 68.0 Å². The lowest BCUT2D eigenvalue weighted by molar-refractivity contribution is -0.117. The molecule has 1 atom stereocenters. The van der Waals surface area contributed by atoms with Crippen molar-refractivity contribution in [2.45, 2.75) is 19.9 Å². The van der Waals surface area contributed by atoms with Gasteiger partial charge in [-0.25, -0.2) is 4.98 Å². The minimum Gasteiger partial charge on any atom is -0.320 e. The van der Waals surface area contributed by atoms with Crippen molar-refractivity contribution < 1.29 is 4.79 Å². The second kappa shape index (κ2) is 4.00. The lowest BCUT2D eigenvalue weighted by Crippen LogP contribution is -2.32. The summed E-state index contributed by atoms with van der Waals surface area (Å²) in [5.41, 5.74) is 6.43. The fraction of sp³-hybridized carbons (Fsp3) is 0.333. The lowest BCUT2D eigenvalue weighted by Gasteiger charge is -2.06. The molecule has 4 heteroatoms. The van der Waals surface area contributed by atoms with Crippen molar-refractivity contribution in [3.05, 3.63) is 23.9 Å². The quantitative estimate of drug-likeness (QED) is 0.701. The van der Waals surface area contributed by atoms with E-state index in [0.29, 0.717) is 5.82 Å². The molecule has 70 valence electrons. The summed E-state index contributed by atoms with van der Waals surface area (Å²) in [5, 5.41) is 2.59. The van der Waals surface area contributed by atoms with Gasteiger partial charge in [-0.1, -0.05) is 6.07 Å². The number of anilines is 1. The molecule has 1 aromatic heterocycles. The molecule has 0 bridgehead atoms. The van der Waals surface area contributed by atoms with Crippen LogP contribution in [0.15, 0.2) is 18.3 Å². The summed E-state index contributed by atoms with van der Waals surface area (Å²) in [4.78, 5) is 15.1. The predicted octanol–water partition coefficient (Wildman–Crippen LogP) is 0.676. The van der Waals surface area contributed by atoms with Gasteiger partial charge < -0.3 is 11.1 Å². The van der Waals surface area contributed by atoms with E-state index >= 15 is 0 Å². The second-order valence-corrected chi connectivity index (χ2v) is 3.00. The first kappa shape index (κ1) is 9.67. The Morgan fingerprint density at radius 2 is 2.31 bits per heavy atom. The van der Waals surface area contributed by atoms with Gasteiger partial charge in [-0.2, -0.15) is 0 Å². The molecule has 0 saturated carbocycles. The van der Waals surface area contributed by atoms with Crippen molar-refractivity contribution in [1.82, 2.24) is 4.98 Å². The van der Waals surface area contributed by atoms with Gasteiger partial charge in [0.2, 0.25) is 5.91 Å². The summed E-state index contributed by atoms with van der Waals surface area (Å²) in [6.45, 7) is 3.56. The molecule has 0 saturated heterocycles. The van der Waals surface area contributed by atoms with Gasteiger partial charge in [0.1, 0.15) is 5.82 Å². The zero-order chi connectivity index (χ0) is 9.84. The standard InChI is InChI=1S/C9H13N3O/c1-6-3-4-8(11-5-6)12-9(13)7(2)10/h3-5,7H,10H2,1-2H3,(H,11,12,13). The van der Waals surface area contributed by atoms with E-state index in [1.54, 1.807) is 19.2 Å². The number of rotatable bonds is 2. The first-order valence-electron chi connectivity index (χ1n) is 4.08. The van der Waals surface area contributed by atoms with E-state index in [0.717, 1.165) is 5.56 Å². The number of nitrogens with zero attached hydrogens (tertiary/aromatic N) is 1. The first-order chi connectivity index (χ1) is 6.09. The zero-order valence-corrected chi connectivity index (χ0v) is 7.74. The summed E-state index contributed by atoms with van der Waals surface area (Å²) in [5.74, 6) is 0.309. The maximum absolute atomic E-state index is 11.1. The van der Waals surface area contributed by atoms with Crippen LogP contribution in [0.5, 0.6) is 0 Å². The van der Waals surface area contributed by atoms with Crippen LogP contribution in [0, 0.1) is 6.92 Å². The lowest BCUT2D eigenvalue weighted by atomic mass is 10.3. The van der Waals surface area contributed by atoms with Crippen molar-refractivity contribution in [3.8, 4) is 0 Å². The highest BCUT2D eigenvalue weighted by molar-refractivity contribution is 5.93. The van der Waals surface area contributed by atoms with Crippen molar-refractivity contribution in [2.24, 2.45) is 5.73 Å². The third kappa shape index (κ3) is 2.83. The van der Waals surface area contributed by atoms with Crippen LogP contribution >= 0.6 is 0 Å². The Morgan fingerprint density at radius 1 is 1.62 bits per heavy atom.